The van der Waals surface area contributed by atoms with Crippen molar-refractivity contribution in [2.45, 2.75) is 56.9 Å². The number of pyridine rings is 1. The average Bonchev–Trinajstić information content (AvgIpc) is 3.22. The SMILES string of the molecule is CN=C(NCc1ccc(OCC2CC2)nc1)NC1CC2CCC1O2. The molecule has 1 aliphatic carbocycles. The molecular weight excluding hydrogens is 304 g/mol. The Morgan fingerprint density at radius 3 is 2.88 bits per heavy atom. The standard InChI is InChI=1S/C18H26N4O2/c1-19-18(22-15-8-14-5-6-16(15)24-14)21-10-13-4-7-17(20-9-13)23-11-12-2-3-12/h4,7,9,12,14-16H,2-3,5-6,8,10-11H2,1H3,(H2,19,21,22). The zero-order valence-corrected chi connectivity index (χ0v) is 14.2. The summed E-state index contributed by atoms with van der Waals surface area (Å²) in [7, 11) is 1.80. The molecule has 6 heteroatoms. The molecule has 24 heavy (non-hydrogen) atoms. The van der Waals surface area contributed by atoms with Gasteiger partial charge < -0.3 is 20.1 Å². The molecule has 2 aliphatic heterocycles. The van der Waals surface area contributed by atoms with Gasteiger partial charge in [0.25, 0.3) is 0 Å². The fourth-order valence-electron chi connectivity index (χ4n) is 3.43. The van der Waals surface area contributed by atoms with E-state index in [0.29, 0.717) is 30.7 Å². The van der Waals surface area contributed by atoms with E-state index in [2.05, 4.69) is 26.7 Å². The van der Waals surface area contributed by atoms with E-state index >= 15 is 0 Å². The first kappa shape index (κ1) is 15.7. The number of rotatable bonds is 6. The number of aliphatic imine (C=N–C) groups is 1. The minimum atomic E-state index is 0.345. The van der Waals surface area contributed by atoms with E-state index in [4.69, 9.17) is 9.47 Å². The number of fused-ring (bicyclic) bond motifs is 2. The molecule has 2 bridgehead atoms. The normalized spacial score (nSPS) is 28.9. The Labute approximate surface area is 143 Å². The highest BCUT2D eigenvalue weighted by atomic mass is 16.5. The maximum Gasteiger partial charge on any atom is 0.213 e. The van der Waals surface area contributed by atoms with Gasteiger partial charge in [0.15, 0.2) is 5.96 Å². The van der Waals surface area contributed by atoms with Gasteiger partial charge in [-0.15, -0.1) is 0 Å². The molecule has 0 amide bonds. The van der Waals surface area contributed by atoms with Crippen LogP contribution in [0.4, 0.5) is 0 Å². The van der Waals surface area contributed by atoms with Crippen molar-refractivity contribution in [1.29, 1.82) is 0 Å². The summed E-state index contributed by atoms with van der Waals surface area (Å²) < 4.78 is 11.5. The predicted molar refractivity (Wildman–Crippen MR) is 92.1 cm³/mol. The average molecular weight is 330 g/mol. The topological polar surface area (TPSA) is 67.8 Å². The molecular formula is C18H26N4O2. The summed E-state index contributed by atoms with van der Waals surface area (Å²) in [5.74, 6) is 2.29. The fourth-order valence-corrected chi connectivity index (χ4v) is 3.43. The van der Waals surface area contributed by atoms with Gasteiger partial charge in [-0.3, -0.25) is 4.99 Å². The van der Waals surface area contributed by atoms with Gasteiger partial charge in [0, 0.05) is 25.9 Å². The van der Waals surface area contributed by atoms with E-state index in [0.717, 1.165) is 36.9 Å². The van der Waals surface area contributed by atoms with Crippen LogP contribution in [0.1, 0.15) is 37.7 Å². The molecule has 0 aromatic carbocycles. The quantitative estimate of drug-likeness (QED) is 0.615. The number of hydrogen-bond donors (Lipinski definition) is 2. The van der Waals surface area contributed by atoms with Gasteiger partial charge in [0.1, 0.15) is 0 Å². The zero-order valence-electron chi connectivity index (χ0n) is 14.2. The fraction of sp³-hybridized carbons (Fsp3) is 0.667. The van der Waals surface area contributed by atoms with Crippen LogP contribution < -0.4 is 15.4 Å². The van der Waals surface area contributed by atoms with Crippen LogP contribution in [0.5, 0.6) is 5.88 Å². The minimum absolute atomic E-state index is 0.345. The van der Waals surface area contributed by atoms with Crippen LogP contribution in [0.3, 0.4) is 0 Å². The summed E-state index contributed by atoms with van der Waals surface area (Å²) in [6, 6.07) is 4.38. The largest absolute Gasteiger partial charge is 0.477 e. The molecule has 3 heterocycles. The van der Waals surface area contributed by atoms with Crippen molar-refractivity contribution >= 4 is 5.96 Å². The molecule has 3 fully saturated rings. The monoisotopic (exact) mass is 330 g/mol. The van der Waals surface area contributed by atoms with Crippen molar-refractivity contribution in [3.63, 3.8) is 0 Å². The number of hydrogen-bond acceptors (Lipinski definition) is 4. The van der Waals surface area contributed by atoms with Crippen LogP contribution in [-0.2, 0) is 11.3 Å². The summed E-state index contributed by atoms with van der Waals surface area (Å²) in [5, 5.41) is 6.84. The van der Waals surface area contributed by atoms with Crippen LogP contribution in [0.25, 0.3) is 0 Å². The van der Waals surface area contributed by atoms with Crippen molar-refractivity contribution in [2.75, 3.05) is 13.7 Å². The van der Waals surface area contributed by atoms with E-state index in [1.807, 2.05) is 12.3 Å². The Bertz CT molecular complexity index is 585. The molecule has 2 N–H and O–H groups in total. The number of ether oxygens (including phenoxy) is 2. The maximum atomic E-state index is 5.88. The highest BCUT2D eigenvalue weighted by molar-refractivity contribution is 5.80. The van der Waals surface area contributed by atoms with Crippen molar-refractivity contribution in [1.82, 2.24) is 15.6 Å². The number of nitrogens with zero attached hydrogens (tertiary/aromatic N) is 2. The van der Waals surface area contributed by atoms with E-state index in [-0.39, 0.29) is 0 Å². The third-order valence-electron chi connectivity index (χ3n) is 5.07. The Balaban J connectivity index is 1.24. The number of nitrogens with one attached hydrogen (secondary N) is 2. The van der Waals surface area contributed by atoms with E-state index in [9.17, 15) is 0 Å². The summed E-state index contributed by atoms with van der Waals surface area (Å²) in [5.41, 5.74) is 1.11. The lowest BCUT2D eigenvalue weighted by Gasteiger charge is -2.22. The van der Waals surface area contributed by atoms with E-state index < -0.39 is 0 Å². The van der Waals surface area contributed by atoms with Crippen LogP contribution in [0, 0.1) is 5.92 Å². The van der Waals surface area contributed by atoms with E-state index in [1.54, 1.807) is 7.05 Å². The lowest BCUT2D eigenvalue weighted by Crippen LogP contribution is -2.47. The van der Waals surface area contributed by atoms with Gasteiger partial charge >= 0.3 is 0 Å². The lowest BCUT2D eigenvalue weighted by atomic mass is 9.96. The molecule has 0 radical (unpaired) electrons. The highest BCUT2D eigenvalue weighted by Crippen LogP contribution is 2.34. The third-order valence-corrected chi connectivity index (χ3v) is 5.07. The van der Waals surface area contributed by atoms with Crippen LogP contribution in [0.2, 0.25) is 0 Å². The second-order valence-corrected chi connectivity index (χ2v) is 7.05. The van der Waals surface area contributed by atoms with Crippen molar-refractivity contribution in [3.05, 3.63) is 23.9 Å². The summed E-state index contributed by atoms with van der Waals surface area (Å²) in [6.45, 7) is 1.49. The zero-order chi connectivity index (χ0) is 16.4. The van der Waals surface area contributed by atoms with E-state index in [1.165, 1.54) is 19.3 Å². The summed E-state index contributed by atoms with van der Waals surface area (Å²) >= 11 is 0. The first-order valence-corrected chi connectivity index (χ1v) is 9.00. The summed E-state index contributed by atoms with van der Waals surface area (Å²) in [4.78, 5) is 8.69. The van der Waals surface area contributed by atoms with Gasteiger partial charge in [-0.05, 0) is 43.6 Å². The first-order chi connectivity index (χ1) is 11.8. The van der Waals surface area contributed by atoms with Gasteiger partial charge in [0.2, 0.25) is 5.88 Å². The smallest absolute Gasteiger partial charge is 0.213 e. The molecule has 3 atom stereocenters. The second kappa shape index (κ2) is 6.97. The molecule has 1 aromatic rings. The molecule has 130 valence electrons. The van der Waals surface area contributed by atoms with Crippen molar-refractivity contribution in [2.24, 2.45) is 10.9 Å². The van der Waals surface area contributed by atoms with Crippen LogP contribution in [0.15, 0.2) is 23.3 Å². The van der Waals surface area contributed by atoms with Crippen molar-refractivity contribution in [3.8, 4) is 5.88 Å². The maximum absolute atomic E-state index is 5.88. The lowest BCUT2D eigenvalue weighted by molar-refractivity contribution is 0.0992. The molecule has 3 aliphatic rings. The molecule has 0 spiro atoms. The Morgan fingerprint density at radius 2 is 2.25 bits per heavy atom. The molecule has 6 nitrogen and oxygen atoms in total. The van der Waals surface area contributed by atoms with Gasteiger partial charge in [-0.25, -0.2) is 4.98 Å². The minimum Gasteiger partial charge on any atom is -0.477 e. The van der Waals surface area contributed by atoms with Gasteiger partial charge in [-0.2, -0.15) is 0 Å². The molecule has 4 rings (SSSR count). The number of aromatic nitrogens is 1. The Kier molecular flexibility index (Phi) is 4.56. The Morgan fingerprint density at radius 1 is 1.33 bits per heavy atom. The van der Waals surface area contributed by atoms with Crippen molar-refractivity contribution < 1.29 is 9.47 Å². The van der Waals surface area contributed by atoms with Crippen LogP contribution in [-0.4, -0.2) is 42.8 Å². The van der Waals surface area contributed by atoms with Gasteiger partial charge in [0.05, 0.1) is 24.9 Å². The van der Waals surface area contributed by atoms with Crippen LogP contribution >= 0.6 is 0 Å². The number of guanidine groups is 1. The second-order valence-electron chi connectivity index (χ2n) is 7.05. The first-order valence-electron chi connectivity index (χ1n) is 9.00. The highest BCUT2D eigenvalue weighted by Gasteiger charge is 2.41. The molecule has 1 aromatic heterocycles. The molecule has 1 saturated carbocycles. The summed E-state index contributed by atoms with van der Waals surface area (Å²) in [6.07, 6.45) is 8.68. The Hall–Kier alpha value is -1.82. The molecule has 3 unspecified atom stereocenters. The van der Waals surface area contributed by atoms with Gasteiger partial charge in [-0.1, -0.05) is 6.07 Å². The predicted octanol–water partition coefficient (Wildman–Crippen LogP) is 1.86. The molecule has 2 saturated heterocycles. The third kappa shape index (κ3) is 3.80.